The van der Waals surface area contributed by atoms with Crippen molar-refractivity contribution >= 4 is 21.8 Å². The molecule has 19 heavy (non-hydrogen) atoms. The monoisotopic (exact) mass is 323 g/mol. The van der Waals surface area contributed by atoms with Crippen LogP contribution in [0.2, 0.25) is 0 Å². The lowest BCUT2D eigenvalue weighted by atomic mass is 9.90. The summed E-state index contributed by atoms with van der Waals surface area (Å²) in [6, 6.07) is 8.49. The van der Waals surface area contributed by atoms with Gasteiger partial charge in [-0.15, -0.1) is 0 Å². The summed E-state index contributed by atoms with van der Waals surface area (Å²) in [5, 5.41) is 0.957. The van der Waals surface area contributed by atoms with E-state index < -0.39 is 0 Å². The summed E-state index contributed by atoms with van der Waals surface area (Å²) in [5.74, 6) is 0.225. The van der Waals surface area contributed by atoms with E-state index in [0.717, 1.165) is 35.8 Å². The molecule has 0 bridgehead atoms. The van der Waals surface area contributed by atoms with Crippen LogP contribution in [0, 0.1) is 0 Å². The van der Waals surface area contributed by atoms with E-state index in [4.69, 9.17) is 0 Å². The number of carbonyl (C=O) groups is 1. The summed E-state index contributed by atoms with van der Waals surface area (Å²) in [6.07, 6.45) is 5.54. The molecule has 0 atom stereocenters. The summed E-state index contributed by atoms with van der Waals surface area (Å²) < 4.78 is 0. The second kappa shape index (κ2) is 7.09. The summed E-state index contributed by atoms with van der Waals surface area (Å²) in [6.45, 7) is 2.98. The number of rotatable bonds is 6. The lowest BCUT2D eigenvalue weighted by Gasteiger charge is -2.38. The van der Waals surface area contributed by atoms with Gasteiger partial charge in [-0.2, -0.15) is 0 Å². The smallest absolute Gasteiger partial charge is 0.254 e. The summed E-state index contributed by atoms with van der Waals surface area (Å²) >= 11 is 3.46. The number of hydrogen-bond acceptors (Lipinski definition) is 1. The van der Waals surface area contributed by atoms with Crippen molar-refractivity contribution in [3.63, 3.8) is 0 Å². The van der Waals surface area contributed by atoms with Gasteiger partial charge in [0.2, 0.25) is 0 Å². The van der Waals surface area contributed by atoms with Crippen molar-refractivity contribution in [2.45, 2.75) is 45.1 Å². The average molecular weight is 324 g/mol. The first-order valence-corrected chi connectivity index (χ1v) is 8.35. The fourth-order valence-electron chi connectivity index (χ4n) is 2.57. The Kier molecular flexibility index (Phi) is 5.44. The molecule has 1 saturated carbocycles. The lowest BCUT2D eigenvalue weighted by molar-refractivity contribution is 0.0580. The highest BCUT2D eigenvalue weighted by molar-refractivity contribution is 9.09. The Hall–Kier alpha value is -0.830. The van der Waals surface area contributed by atoms with Crippen molar-refractivity contribution in [2.24, 2.45) is 0 Å². The molecule has 2 rings (SSSR count). The predicted octanol–water partition coefficient (Wildman–Crippen LogP) is 4.03. The van der Waals surface area contributed by atoms with E-state index in [1.165, 1.54) is 19.3 Å². The van der Waals surface area contributed by atoms with Crippen molar-refractivity contribution < 1.29 is 4.79 Å². The third-order valence-electron chi connectivity index (χ3n) is 3.94. The molecule has 1 aliphatic carbocycles. The van der Waals surface area contributed by atoms with Gasteiger partial charge >= 0.3 is 0 Å². The van der Waals surface area contributed by atoms with Gasteiger partial charge in [0, 0.05) is 23.5 Å². The number of benzene rings is 1. The molecule has 0 N–H and O–H groups in total. The maximum atomic E-state index is 12.8. The third-order valence-corrected chi connectivity index (χ3v) is 4.50. The van der Waals surface area contributed by atoms with Gasteiger partial charge in [-0.1, -0.05) is 41.1 Å². The number of nitrogens with zero attached hydrogens (tertiary/aromatic N) is 1. The molecule has 1 fully saturated rings. The maximum Gasteiger partial charge on any atom is 0.254 e. The molecule has 0 spiro atoms. The molecule has 0 aromatic heterocycles. The van der Waals surface area contributed by atoms with E-state index in [1.54, 1.807) is 0 Å². The highest BCUT2D eigenvalue weighted by Crippen LogP contribution is 2.27. The SMILES string of the molecule is CCc1ccccc1C(=O)N(CCCBr)C1CCC1. The van der Waals surface area contributed by atoms with Gasteiger partial charge < -0.3 is 4.90 Å². The minimum atomic E-state index is 0.225. The molecule has 0 heterocycles. The normalized spacial score (nSPS) is 15.1. The van der Waals surface area contributed by atoms with E-state index in [0.29, 0.717) is 6.04 Å². The fourth-order valence-corrected chi connectivity index (χ4v) is 2.82. The van der Waals surface area contributed by atoms with Gasteiger partial charge in [0.1, 0.15) is 0 Å². The van der Waals surface area contributed by atoms with Gasteiger partial charge in [0.25, 0.3) is 5.91 Å². The van der Waals surface area contributed by atoms with E-state index >= 15 is 0 Å². The molecule has 1 aromatic carbocycles. The quantitative estimate of drug-likeness (QED) is 0.724. The second-order valence-electron chi connectivity index (χ2n) is 5.14. The number of halogens is 1. The molecule has 1 aliphatic rings. The number of aryl methyl sites for hydroxylation is 1. The first kappa shape index (κ1) is 14.6. The molecule has 104 valence electrons. The summed E-state index contributed by atoms with van der Waals surface area (Å²) in [5.41, 5.74) is 2.06. The average Bonchev–Trinajstić information content (AvgIpc) is 2.40. The minimum Gasteiger partial charge on any atom is -0.336 e. The number of amides is 1. The third kappa shape index (κ3) is 3.38. The zero-order valence-electron chi connectivity index (χ0n) is 11.6. The van der Waals surface area contributed by atoms with Crippen LogP contribution >= 0.6 is 15.9 Å². The van der Waals surface area contributed by atoms with Crippen molar-refractivity contribution in [3.05, 3.63) is 35.4 Å². The van der Waals surface area contributed by atoms with Crippen LogP contribution in [-0.4, -0.2) is 28.7 Å². The lowest BCUT2D eigenvalue weighted by Crippen LogP contribution is -2.45. The van der Waals surface area contributed by atoms with Crippen LogP contribution in [0.5, 0.6) is 0 Å². The topological polar surface area (TPSA) is 20.3 Å². The Morgan fingerprint density at radius 3 is 2.68 bits per heavy atom. The molecule has 1 aromatic rings. The Bertz CT molecular complexity index is 429. The molecule has 0 aliphatic heterocycles. The highest BCUT2D eigenvalue weighted by atomic mass is 79.9. The van der Waals surface area contributed by atoms with Gasteiger partial charge in [-0.3, -0.25) is 4.79 Å². The first-order valence-electron chi connectivity index (χ1n) is 7.22. The number of hydrogen-bond donors (Lipinski definition) is 0. The molecule has 1 amide bonds. The molecular weight excluding hydrogens is 302 g/mol. The first-order chi connectivity index (χ1) is 9.27. The van der Waals surface area contributed by atoms with E-state index in [2.05, 4.69) is 33.8 Å². The Morgan fingerprint density at radius 2 is 2.11 bits per heavy atom. The Labute approximate surface area is 124 Å². The van der Waals surface area contributed by atoms with Gasteiger partial charge in [-0.05, 0) is 43.7 Å². The zero-order valence-corrected chi connectivity index (χ0v) is 13.2. The van der Waals surface area contributed by atoms with Crippen molar-refractivity contribution in [3.8, 4) is 0 Å². The van der Waals surface area contributed by atoms with Crippen LogP contribution < -0.4 is 0 Å². The molecular formula is C16H22BrNO. The predicted molar refractivity (Wildman–Crippen MR) is 82.9 cm³/mol. The highest BCUT2D eigenvalue weighted by Gasteiger charge is 2.29. The number of alkyl halides is 1. The van der Waals surface area contributed by atoms with Gasteiger partial charge in [0.15, 0.2) is 0 Å². The van der Waals surface area contributed by atoms with Crippen LogP contribution in [0.25, 0.3) is 0 Å². The van der Waals surface area contributed by atoms with Crippen LogP contribution in [0.1, 0.15) is 48.5 Å². The van der Waals surface area contributed by atoms with Crippen molar-refractivity contribution in [1.29, 1.82) is 0 Å². The van der Waals surface area contributed by atoms with Gasteiger partial charge in [-0.25, -0.2) is 0 Å². The molecule has 3 heteroatoms. The molecule has 0 saturated heterocycles. The fraction of sp³-hybridized carbons (Fsp3) is 0.562. The van der Waals surface area contributed by atoms with Crippen molar-refractivity contribution in [2.75, 3.05) is 11.9 Å². The van der Waals surface area contributed by atoms with Crippen LogP contribution in [0.4, 0.5) is 0 Å². The van der Waals surface area contributed by atoms with E-state index in [9.17, 15) is 4.79 Å². The molecule has 2 nitrogen and oxygen atoms in total. The largest absolute Gasteiger partial charge is 0.336 e. The minimum absolute atomic E-state index is 0.225. The second-order valence-corrected chi connectivity index (χ2v) is 5.93. The van der Waals surface area contributed by atoms with Crippen LogP contribution in [-0.2, 0) is 6.42 Å². The summed E-state index contributed by atoms with van der Waals surface area (Å²) in [4.78, 5) is 14.9. The van der Waals surface area contributed by atoms with Crippen LogP contribution in [0.3, 0.4) is 0 Å². The molecule has 0 unspecified atom stereocenters. The maximum absolute atomic E-state index is 12.8. The van der Waals surface area contributed by atoms with Crippen LogP contribution in [0.15, 0.2) is 24.3 Å². The van der Waals surface area contributed by atoms with Gasteiger partial charge in [0.05, 0.1) is 0 Å². The van der Waals surface area contributed by atoms with E-state index in [1.807, 2.05) is 18.2 Å². The summed E-state index contributed by atoms with van der Waals surface area (Å²) in [7, 11) is 0. The Morgan fingerprint density at radius 1 is 1.37 bits per heavy atom. The molecule has 0 radical (unpaired) electrons. The number of carbonyl (C=O) groups excluding carboxylic acids is 1. The standard InChI is InChI=1S/C16H22BrNO/c1-2-13-7-3-4-10-15(13)16(19)18(12-6-11-17)14-8-5-9-14/h3-4,7,10,14H,2,5-6,8-9,11-12H2,1H3. The van der Waals surface area contributed by atoms with E-state index in [-0.39, 0.29) is 5.91 Å². The zero-order chi connectivity index (χ0) is 13.7. The Balaban J connectivity index is 2.17. The van der Waals surface area contributed by atoms with Crippen molar-refractivity contribution in [1.82, 2.24) is 4.90 Å².